The molecular formula is C19H21N3O3. The predicted molar refractivity (Wildman–Crippen MR) is 92.6 cm³/mol. The molecule has 6 heteroatoms. The average Bonchev–Trinajstić information content (AvgIpc) is 3.16. The number of nitrogens with zero attached hydrogens (tertiary/aromatic N) is 2. The minimum atomic E-state index is -0.371. The number of amides is 1. The number of hydrogen-bond acceptors (Lipinski definition) is 3. The summed E-state index contributed by atoms with van der Waals surface area (Å²) in [5.41, 5.74) is 3.19. The van der Waals surface area contributed by atoms with Gasteiger partial charge in [0.2, 0.25) is 12.5 Å². The van der Waals surface area contributed by atoms with E-state index in [-0.39, 0.29) is 40.7 Å². The first-order valence-electron chi connectivity index (χ1n) is 9.04. The van der Waals surface area contributed by atoms with E-state index < -0.39 is 0 Å². The van der Waals surface area contributed by atoms with Gasteiger partial charge in [0, 0.05) is 46.3 Å². The van der Waals surface area contributed by atoms with Crippen LogP contribution >= 0.6 is 0 Å². The minimum Gasteiger partial charge on any atom is -0.356 e. The lowest BCUT2D eigenvalue weighted by atomic mass is 9.77. The first-order valence-corrected chi connectivity index (χ1v) is 9.04. The van der Waals surface area contributed by atoms with Gasteiger partial charge in [-0.1, -0.05) is 25.1 Å². The lowest BCUT2D eigenvalue weighted by molar-refractivity contribution is -0.491. The van der Waals surface area contributed by atoms with Crippen molar-refractivity contribution in [1.29, 1.82) is 0 Å². The molecule has 3 aliphatic rings. The zero-order chi connectivity index (χ0) is 17.3. The summed E-state index contributed by atoms with van der Waals surface area (Å²) in [6, 6.07) is 8.28. The van der Waals surface area contributed by atoms with Crippen molar-refractivity contribution >= 4 is 16.8 Å². The fourth-order valence-electron chi connectivity index (χ4n) is 5.97. The fourth-order valence-corrected chi connectivity index (χ4v) is 5.97. The number of fused-ring (bicyclic) bond motifs is 3. The molecule has 1 aromatic heterocycles. The Bertz CT molecular complexity index is 904. The maximum absolute atomic E-state index is 12.7. The van der Waals surface area contributed by atoms with Gasteiger partial charge in [0.1, 0.15) is 0 Å². The summed E-state index contributed by atoms with van der Waals surface area (Å²) in [4.78, 5) is 29.4. The monoisotopic (exact) mass is 339 g/mol. The van der Waals surface area contributed by atoms with Crippen molar-refractivity contribution < 1.29 is 9.72 Å². The Morgan fingerprint density at radius 3 is 3.00 bits per heavy atom. The summed E-state index contributed by atoms with van der Waals surface area (Å²) in [7, 11) is 0. The lowest BCUT2D eigenvalue weighted by Crippen LogP contribution is -2.49. The molecule has 1 saturated carbocycles. The topological polar surface area (TPSA) is 79.2 Å². The van der Waals surface area contributed by atoms with E-state index in [1.54, 1.807) is 0 Å². The van der Waals surface area contributed by atoms with Crippen LogP contribution in [0, 0.1) is 27.9 Å². The van der Waals surface area contributed by atoms with E-state index in [1.807, 2.05) is 17.0 Å². The van der Waals surface area contributed by atoms with E-state index in [2.05, 4.69) is 24.0 Å². The van der Waals surface area contributed by atoms with Gasteiger partial charge < -0.3 is 9.88 Å². The molecule has 1 aromatic carbocycles. The molecule has 3 heterocycles. The first kappa shape index (κ1) is 14.9. The highest BCUT2D eigenvalue weighted by Gasteiger charge is 2.65. The molecule has 6 nitrogen and oxygen atoms in total. The molecule has 1 amide bonds. The van der Waals surface area contributed by atoms with E-state index in [0.29, 0.717) is 6.42 Å². The molecular weight excluding hydrogens is 318 g/mol. The molecule has 5 rings (SSSR count). The van der Waals surface area contributed by atoms with Gasteiger partial charge in [0.05, 0.1) is 5.54 Å². The number of nitrogens with one attached hydrogen (secondary N) is 1. The van der Waals surface area contributed by atoms with Crippen molar-refractivity contribution in [3.05, 3.63) is 45.6 Å². The van der Waals surface area contributed by atoms with Crippen molar-refractivity contribution in [3.63, 3.8) is 0 Å². The number of aromatic amines is 1. The highest BCUT2D eigenvalue weighted by Crippen LogP contribution is 2.61. The van der Waals surface area contributed by atoms with Gasteiger partial charge in [0.25, 0.3) is 0 Å². The van der Waals surface area contributed by atoms with Crippen LogP contribution in [-0.4, -0.2) is 33.8 Å². The van der Waals surface area contributed by atoms with Crippen molar-refractivity contribution in [2.45, 2.75) is 31.7 Å². The standard InChI is InChI=1S/C19H21N3O3/c1-11-9-19-15(14(11)10-22(24)25)8-17(23)21(19)7-6-13-12-4-2-3-5-16(12)20-18(13)19/h2-5,11,14-15,20H,6-10H2,1H3/t11?,14-,15+,19?/m1/s1. The van der Waals surface area contributed by atoms with Crippen LogP contribution in [0.25, 0.3) is 10.9 Å². The number of carbonyl (C=O) groups excluding carboxylic acids is 1. The Morgan fingerprint density at radius 1 is 1.40 bits per heavy atom. The predicted octanol–water partition coefficient (Wildman–Crippen LogP) is 2.70. The summed E-state index contributed by atoms with van der Waals surface area (Å²) in [6.07, 6.45) is 2.12. The van der Waals surface area contributed by atoms with Crippen molar-refractivity contribution in [3.8, 4) is 0 Å². The third kappa shape index (κ3) is 1.77. The van der Waals surface area contributed by atoms with E-state index in [4.69, 9.17) is 0 Å². The molecule has 1 aliphatic carbocycles. The number of rotatable bonds is 2. The Kier molecular flexibility index (Phi) is 2.89. The number of nitro groups is 1. The molecule has 2 aliphatic heterocycles. The number of para-hydroxylation sites is 1. The van der Waals surface area contributed by atoms with Gasteiger partial charge in [-0.15, -0.1) is 0 Å². The molecule has 0 radical (unpaired) electrons. The number of aromatic nitrogens is 1. The van der Waals surface area contributed by atoms with Crippen molar-refractivity contribution in [1.82, 2.24) is 9.88 Å². The van der Waals surface area contributed by atoms with E-state index in [1.165, 1.54) is 10.9 Å². The molecule has 1 spiro atoms. The highest BCUT2D eigenvalue weighted by atomic mass is 16.6. The second kappa shape index (κ2) is 4.84. The maximum atomic E-state index is 12.7. The van der Waals surface area contributed by atoms with Crippen LogP contribution < -0.4 is 0 Å². The van der Waals surface area contributed by atoms with Gasteiger partial charge in [0.15, 0.2) is 0 Å². The maximum Gasteiger partial charge on any atom is 0.223 e. The van der Waals surface area contributed by atoms with Crippen LogP contribution in [0.4, 0.5) is 0 Å². The second-order valence-electron chi connectivity index (χ2n) is 7.91. The molecule has 4 atom stereocenters. The van der Waals surface area contributed by atoms with Crippen molar-refractivity contribution in [2.75, 3.05) is 13.1 Å². The van der Waals surface area contributed by atoms with Crippen LogP contribution in [0.15, 0.2) is 24.3 Å². The molecule has 0 bridgehead atoms. The summed E-state index contributed by atoms with van der Waals surface area (Å²) in [6.45, 7) is 2.80. The number of H-pyrrole nitrogens is 1. The molecule has 2 aromatic rings. The average molecular weight is 339 g/mol. The first-order chi connectivity index (χ1) is 12.0. The number of carbonyl (C=O) groups is 1. The van der Waals surface area contributed by atoms with Crippen LogP contribution in [0.5, 0.6) is 0 Å². The molecule has 1 N–H and O–H groups in total. The summed E-state index contributed by atoms with van der Waals surface area (Å²) >= 11 is 0. The van der Waals surface area contributed by atoms with Gasteiger partial charge in [-0.05, 0) is 30.4 Å². The Labute approximate surface area is 145 Å². The normalized spacial score (nSPS) is 33.4. The van der Waals surface area contributed by atoms with E-state index in [0.717, 1.165) is 30.6 Å². The Balaban J connectivity index is 1.72. The summed E-state index contributed by atoms with van der Waals surface area (Å²) in [5.74, 6) is 0.395. The Hall–Kier alpha value is -2.37. The van der Waals surface area contributed by atoms with Crippen LogP contribution in [0.3, 0.4) is 0 Å². The second-order valence-corrected chi connectivity index (χ2v) is 7.91. The zero-order valence-electron chi connectivity index (χ0n) is 14.2. The number of benzene rings is 1. The highest BCUT2D eigenvalue weighted by molar-refractivity contribution is 5.88. The van der Waals surface area contributed by atoms with E-state index in [9.17, 15) is 14.9 Å². The van der Waals surface area contributed by atoms with Gasteiger partial charge >= 0.3 is 0 Å². The minimum absolute atomic E-state index is 0.0347. The van der Waals surface area contributed by atoms with Gasteiger partial charge in [-0.2, -0.15) is 0 Å². The molecule has 130 valence electrons. The molecule has 2 fully saturated rings. The zero-order valence-corrected chi connectivity index (χ0v) is 14.2. The van der Waals surface area contributed by atoms with Crippen LogP contribution in [-0.2, 0) is 16.8 Å². The van der Waals surface area contributed by atoms with Crippen LogP contribution in [0.1, 0.15) is 31.0 Å². The SMILES string of the molecule is CC1CC23c4[nH]c5ccccc5c4CCN2C(=O)C[C@H]3[C@@H]1C[N+](=O)[O-]. The van der Waals surface area contributed by atoms with Gasteiger partial charge in [-0.3, -0.25) is 14.9 Å². The smallest absolute Gasteiger partial charge is 0.223 e. The van der Waals surface area contributed by atoms with E-state index >= 15 is 0 Å². The van der Waals surface area contributed by atoms with Gasteiger partial charge in [-0.25, -0.2) is 0 Å². The Morgan fingerprint density at radius 2 is 2.20 bits per heavy atom. The quantitative estimate of drug-likeness (QED) is 0.675. The summed E-state index contributed by atoms with van der Waals surface area (Å²) < 4.78 is 0. The fraction of sp³-hybridized carbons (Fsp3) is 0.526. The number of hydrogen-bond donors (Lipinski definition) is 1. The largest absolute Gasteiger partial charge is 0.356 e. The third-order valence-corrected chi connectivity index (χ3v) is 6.86. The molecule has 25 heavy (non-hydrogen) atoms. The molecule has 1 saturated heterocycles. The van der Waals surface area contributed by atoms with Crippen molar-refractivity contribution in [2.24, 2.45) is 17.8 Å². The third-order valence-electron chi connectivity index (χ3n) is 6.86. The van der Waals surface area contributed by atoms with Crippen LogP contribution in [0.2, 0.25) is 0 Å². The molecule has 2 unspecified atom stereocenters. The lowest BCUT2D eigenvalue weighted by Gasteiger charge is -2.43. The summed E-state index contributed by atoms with van der Waals surface area (Å²) in [5, 5.41) is 12.4.